The topological polar surface area (TPSA) is 73.8 Å². The first kappa shape index (κ1) is 19.6. The molecule has 4 rings (SSSR count). The summed E-state index contributed by atoms with van der Waals surface area (Å²) in [5.74, 6) is 0.718. The third kappa shape index (κ3) is 4.49. The molecule has 0 bridgehead atoms. The summed E-state index contributed by atoms with van der Waals surface area (Å²) in [6.45, 7) is 4.92. The van der Waals surface area contributed by atoms with Crippen molar-refractivity contribution in [1.29, 1.82) is 0 Å². The van der Waals surface area contributed by atoms with Crippen molar-refractivity contribution in [3.63, 3.8) is 0 Å². The van der Waals surface area contributed by atoms with E-state index in [-0.39, 0.29) is 11.5 Å². The summed E-state index contributed by atoms with van der Waals surface area (Å²) < 4.78 is 7.85. The Hall–Kier alpha value is -2.71. The number of carbonyl (C=O) groups is 1. The third-order valence-corrected chi connectivity index (χ3v) is 6.43. The fourth-order valence-electron chi connectivity index (χ4n) is 3.18. The van der Waals surface area contributed by atoms with E-state index in [0.717, 1.165) is 35.5 Å². The average Bonchev–Trinajstić information content (AvgIpc) is 3.47. The predicted octanol–water partition coefficient (Wildman–Crippen LogP) is 4.83. The first-order valence-corrected chi connectivity index (χ1v) is 11.1. The molecule has 29 heavy (non-hydrogen) atoms. The van der Waals surface area contributed by atoms with Gasteiger partial charge in [-0.3, -0.25) is 9.78 Å². The van der Waals surface area contributed by atoms with Crippen LogP contribution in [0.3, 0.4) is 0 Å². The van der Waals surface area contributed by atoms with Crippen molar-refractivity contribution in [2.75, 3.05) is 5.75 Å². The first-order chi connectivity index (χ1) is 14.1. The van der Waals surface area contributed by atoms with Crippen LogP contribution in [0.2, 0.25) is 0 Å². The lowest BCUT2D eigenvalue weighted by Gasteiger charge is -2.09. The summed E-state index contributed by atoms with van der Waals surface area (Å²) in [6.07, 6.45) is 4.32. The highest BCUT2D eigenvalue weighted by Crippen LogP contribution is 2.25. The van der Waals surface area contributed by atoms with Gasteiger partial charge in [-0.25, -0.2) is 0 Å². The predicted molar refractivity (Wildman–Crippen MR) is 115 cm³/mol. The lowest BCUT2D eigenvalue weighted by molar-refractivity contribution is 0.102. The van der Waals surface area contributed by atoms with Crippen LogP contribution >= 0.6 is 23.1 Å². The maximum absolute atomic E-state index is 12.8. The van der Waals surface area contributed by atoms with E-state index < -0.39 is 0 Å². The van der Waals surface area contributed by atoms with Gasteiger partial charge in [0.15, 0.2) is 5.78 Å². The second kappa shape index (κ2) is 8.75. The van der Waals surface area contributed by atoms with Crippen LogP contribution in [0.15, 0.2) is 57.7 Å². The van der Waals surface area contributed by atoms with Crippen molar-refractivity contribution in [3.8, 4) is 11.5 Å². The summed E-state index contributed by atoms with van der Waals surface area (Å²) in [4.78, 5) is 18.2. The molecule has 0 spiro atoms. The fourth-order valence-corrected chi connectivity index (χ4v) is 4.53. The van der Waals surface area contributed by atoms with Crippen molar-refractivity contribution < 1.29 is 9.21 Å². The molecular weight excluding hydrogens is 404 g/mol. The normalized spacial score (nSPS) is 11.1. The second-order valence-corrected chi connectivity index (χ2v) is 8.55. The van der Waals surface area contributed by atoms with Gasteiger partial charge in [-0.15, -0.1) is 21.5 Å². The van der Waals surface area contributed by atoms with Gasteiger partial charge in [0, 0.05) is 40.8 Å². The highest BCUT2D eigenvalue weighted by atomic mass is 32.2. The SMILES string of the molecule is Cc1cc(C(=O)CSc2nnc(-c3cccnc3)o2)c(C)n1CCc1cccs1. The molecule has 8 heteroatoms. The summed E-state index contributed by atoms with van der Waals surface area (Å²) in [5.41, 5.74) is 3.62. The van der Waals surface area contributed by atoms with Crippen LogP contribution < -0.4 is 0 Å². The van der Waals surface area contributed by atoms with E-state index in [1.807, 2.05) is 32.0 Å². The number of ketones is 1. The molecule has 0 saturated heterocycles. The van der Waals surface area contributed by atoms with Crippen LogP contribution in [-0.2, 0) is 13.0 Å². The lowest BCUT2D eigenvalue weighted by atomic mass is 10.2. The summed E-state index contributed by atoms with van der Waals surface area (Å²) in [5, 5.41) is 10.5. The number of thiophene rings is 1. The molecule has 0 radical (unpaired) electrons. The zero-order valence-corrected chi connectivity index (χ0v) is 17.8. The minimum absolute atomic E-state index is 0.0617. The minimum Gasteiger partial charge on any atom is -0.411 e. The molecule has 0 aliphatic carbocycles. The molecule has 0 N–H and O–H groups in total. The number of carbonyl (C=O) groups excluding carboxylic acids is 1. The minimum atomic E-state index is 0.0617. The summed E-state index contributed by atoms with van der Waals surface area (Å²) in [7, 11) is 0. The number of hydrogen-bond donors (Lipinski definition) is 0. The standard InChI is InChI=1S/C21H20N4O2S2/c1-14-11-18(15(2)25(14)9-7-17-6-4-10-28-17)19(26)13-29-21-24-23-20(27-21)16-5-3-8-22-12-16/h3-6,8,10-12H,7,9,13H2,1-2H3. The molecule has 0 aliphatic rings. The molecule has 148 valence electrons. The van der Waals surface area contributed by atoms with Crippen LogP contribution in [0.4, 0.5) is 0 Å². The average molecular weight is 425 g/mol. The molecule has 0 fully saturated rings. The molecule has 0 unspecified atom stereocenters. The molecule has 4 heterocycles. The number of aryl methyl sites for hydroxylation is 2. The van der Waals surface area contributed by atoms with Gasteiger partial charge in [-0.2, -0.15) is 0 Å². The number of Topliss-reactive ketones (excluding diaryl/α,β-unsaturated/α-hetero) is 1. The van der Waals surface area contributed by atoms with Crippen LogP contribution in [0.25, 0.3) is 11.5 Å². The Balaban J connectivity index is 1.40. The summed E-state index contributed by atoms with van der Waals surface area (Å²) in [6, 6.07) is 9.85. The van der Waals surface area contributed by atoms with E-state index in [2.05, 4.69) is 37.3 Å². The van der Waals surface area contributed by atoms with E-state index in [0.29, 0.717) is 11.1 Å². The molecule has 0 atom stereocenters. The number of rotatable bonds is 8. The van der Waals surface area contributed by atoms with Crippen molar-refractivity contribution in [2.24, 2.45) is 0 Å². The van der Waals surface area contributed by atoms with Gasteiger partial charge < -0.3 is 8.98 Å². The van der Waals surface area contributed by atoms with Gasteiger partial charge in [-0.05, 0) is 49.9 Å². The molecule has 0 amide bonds. The molecule has 4 aromatic rings. The second-order valence-electron chi connectivity index (χ2n) is 6.59. The number of aromatic nitrogens is 4. The number of thioether (sulfide) groups is 1. The van der Waals surface area contributed by atoms with Crippen LogP contribution in [0.5, 0.6) is 0 Å². The van der Waals surface area contributed by atoms with E-state index in [1.54, 1.807) is 23.7 Å². The fraction of sp³-hybridized carbons (Fsp3) is 0.238. The van der Waals surface area contributed by atoms with Gasteiger partial charge >= 0.3 is 0 Å². The van der Waals surface area contributed by atoms with Crippen molar-refractivity contribution in [2.45, 2.75) is 32.0 Å². The van der Waals surface area contributed by atoms with Crippen molar-refractivity contribution in [1.82, 2.24) is 19.7 Å². The monoisotopic (exact) mass is 424 g/mol. The Bertz CT molecular complexity index is 1100. The molecular formula is C21H20N4O2S2. The zero-order chi connectivity index (χ0) is 20.2. The van der Waals surface area contributed by atoms with Crippen LogP contribution in [0, 0.1) is 13.8 Å². The first-order valence-electron chi connectivity index (χ1n) is 9.21. The Morgan fingerprint density at radius 2 is 2.14 bits per heavy atom. The number of pyridine rings is 1. The Morgan fingerprint density at radius 1 is 1.24 bits per heavy atom. The van der Waals surface area contributed by atoms with Gasteiger partial charge in [0.05, 0.1) is 11.3 Å². The van der Waals surface area contributed by atoms with Crippen molar-refractivity contribution >= 4 is 28.9 Å². The number of nitrogens with zero attached hydrogens (tertiary/aromatic N) is 4. The maximum atomic E-state index is 12.8. The Kier molecular flexibility index (Phi) is 5.92. The Labute approximate surface area is 177 Å². The van der Waals surface area contributed by atoms with Gasteiger partial charge in [0.25, 0.3) is 5.22 Å². The Morgan fingerprint density at radius 3 is 2.90 bits per heavy atom. The van der Waals surface area contributed by atoms with Crippen LogP contribution in [-0.4, -0.2) is 31.3 Å². The maximum Gasteiger partial charge on any atom is 0.277 e. The molecule has 6 nitrogen and oxygen atoms in total. The molecule has 0 aliphatic heterocycles. The lowest BCUT2D eigenvalue weighted by Crippen LogP contribution is -2.08. The van der Waals surface area contributed by atoms with E-state index in [9.17, 15) is 4.79 Å². The largest absolute Gasteiger partial charge is 0.411 e. The van der Waals surface area contributed by atoms with Gasteiger partial charge in [0.2, 0.25) is 5.89 Å². The quantitative estimate of drug-likeness (QED) is 0.298. The van der Waals surface area contributed by atoms with E-state index in [1.165, 1.54) is 16.6 Å². The number of hydrogen-bond acceptors (Lipinski definition) is 7. The van der Waals surface area contributed by atoms with E-state index in [4.69, 9.17) is 4.42 Å². The molecule has 0 saturated carbocycles. The summed E-state index contributed by atoms with van der Waals surface area (Å²) >= 11 is 3.02. The highest BCUT2D eigenvalue weighted by Gasteiger charge is 2.18. The molecule has 0 aromatic carbocycles. The van der Waals surface area contributed by atoms with Gasteiger partial charge in [0.1, 0.15) is 0 Å². The van der Waals surface area contributed by atoms with Gasteiger partial charge in [-0.1, -0.05) is 17.8 Å². The van der Waals surface area contributed by atoms with Crippen LogP contribution in [0.1, 0.15) is 26.6 Å². The zero-order valence-electron chi connectivity index (χ0n) is 16.2. The molecule has 4 aromatic heterocycles. The third-order valence-electron chi connectivity index (χ3n) is 4.68. The van der Waals surface area contributed by atoms with Crippen molar-refractivity contribution in [3.05, 3.63) is 69.9 Å². The smallest absolute Gasteiger partial charge is 0.277 e. The van der Waals surface area contributed by atoms with E-state index >= 15 is 0 Å². The highest BCUT2D eigenvalue weighted by molar-refractivity contribution is 7.99.